The van der Waals surface area contributed by atoms with Crippen molar-refractivity contribution in [1.82, 2.24) is 9.88 Å². The van der Waals surface area contributed by atoms with Crippen molar-refractivity contribution in [2.75, 3.05) is 6.54 Å². The number of carbonyl (C=O) groups is 1. The SMILES string of the molecule is CCCCC(=O)N1CCc2cc3cc(C)c(=O)[nH]c3cc2C1. The zero-order valence-corrected chi connectivity index (χ0v) is 13.2. The summed E-state index contributed by atoms with van der Waals surface area (Å²) in [6.07, 6.45) is 3.52. The lowest BCUT2D eigenvalue weighted by Crippen LogP contribution is -2.35. The van der Waals surface area contributed by atoms with Gasteiger partial charge in [0.25, 0.3) is 5.56 Å². The standard InChI is InChI=1S/C18H22N2O2/c1-3-4-5-17(21)20-7-6-13-9-14-8-12(2)18(22)19-16(14)10-15(13)11-20/h8-10H,3-7,11H2,1-2H3,(H,19,22). The molecule has 1 aromatic heterocycles. The molecule has 2 heterocycles. The van der Waals surface area contributed by atoms with Crippen molar-refractivity contribution in [2.24, 2.45) is 0 Å². The number of aromatic nitrogens is 1. The van der Waals surface area contributed by atoms with Crippen LogP contribution in [0.15, 0.2) is 23.0 Å². The van der Waals surface area contributed by atoms with Crippen LogP contribution in [-0.4, -0.2) is 22.3 Å². The molecule has 0 spiro atoms. The Hall–Kier alpha value is -2.10. The molecule has 1 aliphatic heterocycles. The van der Waals surface area contributed by atoms with E-state index in [1.54, 1.807) is 0 Å². The van der Waals surface area contributed by atoms with Crippen LogP contribution in [0.5, 0.6) is 0 Å². The maximum Gasteiger partial charge on any atom is 0.251 e. The second-order valence-electron chi connectivity index (χ2n) is 6.16. The molecule has 1 aromatic carbocycles. The molecule has 0 atom stereocenters. The molecule has 0 aliphatic carbocycles. The van der Waals surface area contributed by atoms with Gasteiger partial charge in [0.1, 0.15) is 0 Å². The van der Waals surface area contributed by atoms with E-state index >= 15 is 0 Å². The first kappa shape index (κ1) is 14.8. The Labute approximate surface area is 130 Å². The normalized spacial score (nSPS) is 14.2. The number of pyridine rings is 1. The van der Waals surface area contributed by atoms with Crippen molar-refractivity contribution in [2.45, 2.75) is 46.1 Å². The number of H-pyrrole nitrogens is 1. The van der Waals surface area contributed by atoms with Crippen LogP contribution in [0.2, 0.25) is 0 Å². The highest BCUT2D eigenvalue weighted by atomic mass is 16.2. The van der Waals surface area contributed by atoms with Gasteiger partial charge in [-0.05, 0) is 54.5 Å². The summed E-state index contributed by atoms with van der Waals surface area (Å²) < 4.78 is 0. The van der Waals surface area contributed by atoms with E-state index in [0.29, 0.717) is 13.0 Å². The average Bonchev–Trinajstić information content (AvgIpc) is 2.51. The highest BCUT2D eigenvalue weighted by molar-refractivity contribution is 5.82. The summed E-state index contributed by atoms with van der Waals surface area (Å²) in [6, 6.07) is 6.12. The van der Waals surface area contributed by atoms with Gasteiger partial charge in [-0.1, -0.05) is 13.3 Å². The predicted octanol–water partition coefficient (Wildman–Crippen LogP) is 2.91. The van der Waals surface area contributed by atoms with Gasteiger partial charge in [0.2, 0.25) is 5.91 Å². The van der Waals surface area contributed by atoms with Gasteiger partial charge in [-0.25, -0.2) is 0 Å². The molecule has 2 aromatic rings. The Morgan fingerprint density at radius 1 is 1.27 bits per heavy atom. The predicted molar refractivity (Wildman–Crippen MR) is 88.0 cm³/mol. The molecule has 22 heavy (non-hydrogen) atoms. The summed E-state index contributed by atoms with van der Waals surface area (Å²) in [7, 11) is 0. The number of nitrogens with zero attached hydrogens (tertiary/aromatic N) is 1. The number of carbonyl (C=O) groups excluding carboxylic acids is 1. The fraction of sp³-hybridized carbons (Fsp3) is 0.444. The number of fused-ring (bicyclic) bond motifs is 2. The molecule has 0 radical (unpaired) electrons. The number of aromatic amines is 1. The monoisotopic (exact) mass is 298 g/mol. The maximum absolute atomic E-state index is 12.2. The second-order valence-corrected chi connectivity index (χ2v) is 6.16. The van der Waals surface area contributed by atoms with Gasteiger partial charge >= 0.3 is 0 Å². The van der Waals surface area contributed by atoms with Crippen molar-refractivity contribution in [3.63, 3.8) is 0 Å². The molecule has 0 fully saturated rings. The summed E-state index contributed by atoms with van der Waals surface area (Å²) in [5.41, 5.74) is 4.00. The molecule has 4 heteroatoms. The van der Waals surface area contributed by atoms with E-state index in [1.807, 2.05) is 24.0 Å². The van der Waals surface area contributed by atoms with Gasteiger partial charge in [-0.3, -0.25) is 9.59 Å². The number of aryl methyl sites for hydroxylation is 1. The first-order valence-corrected chi connectivity index (χ1v) is 8.01. The first-order valence-electron chi connectivity index (χ1n) is 8.01. The molecular formula is C18H22N2O2. The lowest BCUT2D eigenvalue weighted by Gasteiger charge is -2.29. The number of hydrogen-bond donors (Lipinski definition) is 1. The number of unbranched alkanes of at least 4 members (excludes halogenated alkanes) is 1. The van der Waals surface area contributed by atoms with Crippen LogP contribution in [0.1, 0.15) is 42.9 Å². The van der Waals surface area contributed by atoms with E-state index in [-0.39, 0.29) is 11.5 Å². The Morgan fingerprint density at radius 2 is 2.09 bits per heavy atom. The molecule has 1 N–H and O–H groups in total. The lowest BCUT2D eigenvalue weighted by atomic mass is 9.96. The summed E-state index contributed by atoms with van der Waals surface area (Å²) >= 11 is 0. The molecule has 4 nitrogen and oxygen atoms in total. The number of rotatable bonds is 3. The summed E-state index contributed by atoms with van der Waals surface area (Å²) in [6.45, 7) is 5.38. The third-order valence-electron chi connectivity index (χ3n) is 4.46. The number of hydrogen-bond acceptors (Lipinski definition) is 2. The number of benzene rings is 1. The van der Waals surface area contributed by atoms with Crippen LogP contribution in [-0.2, 0) is 17.8 Å². The Morgan fingerprint density at radius 3 is 2.86 bits per heavy atom. The van der Waals surface area contributed by atoms with Crippen LogP contribution in [0.4, 0.5) is 0 Å². The van der Waals surface area contributed by atoms with Crippen molar-refractivity contribution in [1.29, 1.82) is 0 Å². The van der Waals surface area contributed by atoms with Crippen molar-refractivity contribution < 1.29 is 4.79 Å². The molecule has 116 valence electrons. The Kier molecular flexibility index (Phi) is 4.01. The summed E-state index contributed by atoms with van der Waals surface area (Å²) in [5.74, 6) is 0.241. The quantitative estimate of drug-likeness (QED) is 0.947. The van der Waals surface area contributed by atoms with Crippen molar-refractivity contribution in [3.8, 4) is 0 Å². The minimum atomic E-state index is -0.0425. The van der Waals surface area contributed by atoms with Crippen LogP contribution in [0.3, 0.4) is 0 Å². The molecule has 1 amide bonds. The van der Waals surface area contributed by atoms with Crippen LogP contribution >= 0.6 is 0 Å². The zero-order valence-electron chi connectivity index (χ0n) is 13.2. The van der Waals surface area contributed by atoms with Crippen LogP contribution in [0.25, 0.3) is 10.9 Å². The van der Waals surface area contributed by atoms with E-state index in [0.717, 1.165) is 47.8 Å². The summed E-state index contributed by atoms with van der Waals surface area (Å²) in [5, 5.41) is 1.07. The van der Waals surface area contributed by atoms with Crippen molar-refractivity contribution >= 4 is 16.8 Å². The average molecular weight is 298 g/mol. The topological polar surface area (TPSA) is 53.2 Å². The largest absolute Gasteiger partial charge is 0.338 e. The molecule has 3 rings (SSSR count). The smallest absolute Gasteiger partial charge is 0.251 e. The van der Waals surface area contributed by atoms with E-state index in [4.69, 9.17) is 0 Å². The fourth-order valence-corrected chi connectivity index (χ4v) is 3.07. The minimum absolute atomic E-state index is 0.0425. The molecule has 1 aliphatic rings. The van der Waals surface area contributed by atoms with Crippen LogP contribution < -0.4 is 5.56 Å². The van der Waals surface area contributed by atoms with E-state index in [2.05, 4.69) is 18.0 Å². The fourth-order valence-electron chi connectivity index (χ4n) is 3.07. The highest BCUT2D eigenvalue weighted by Crippen LogP contribution is 2.24. The van der Waals surface area contributed by atoms with Gasteiger partial charge < -0.3 is 9.88 Å². The van der Waals surface area contributed by atoms with Gasteiger partial charge in [0.15, 0.2) is 0 Å². The van der Waals surface area contributed by atoms with Gasteiger partial charge in [0.05, 0.1) is 0 Å². The molecule has 0 saturated carbocycles. The maximum atomic E-state index is 12.2. The van der Waals surface area contributed by atoms with Crippen LogP contribution in [0, 0.1) is 6.92 Å². The molecular weight excluding hydrogens is 276 g/mol. The first-order chi connectivity index (χ1) is 10.6. The molecule has 0 unspecified atom stereocenters. The van der Waals surface area contributed by atoms with Gasteiger partial charge in [0, 0.05) is 30.6 Å². The number of nitrogens with one attached hydrogen (secondary N) is 1. The molecule has 0 bridgehead atoms. The highest BCUT2D eigenvalue weighted by Gasteiger charge is 2.20. The Bertz CT molecular complexity index is 776. The Balaban J connectivity index is 1.90. The minimum Gasteiger partial charge on any atom is -0.338 e. The zero-order chi connectivity index (χ0) is 15.7. The third kappa shape index (κ3) is 2.78. The van der Waals surface area contributed by atoms with E-state index in [1.165, 1.54) is 5.56 Å². The lowest BCUT2D eigenvalue weighted by molar-refractivity contribution is -0.132. The van der Waals surface area contributed by atoms with E-state index in [9.17, 15) is 9.59 Å². The number of amides is 1. The summed E-state index contributed by atoms with van der Waals surface area (Å²) in [4.78, 5) is 28.8. The van der Waals surface area contributed by atoms with E-state index < -0.39 is 0 Å². The third-order valence-corrected chi connectivity index (χ3v) is 4.46. The molecule has 0 saturated heterocycles. The van der Waals surface area contributed by atoms with Gasteiger partial charge in [-0.15, -0.1) is 0 Å². The van der Waals surface area contributed by atoms with Crippen molar-refractivity contribution in [3.05, 3.63) is 45.2 Å². The van der Waals surface area contributed by atoms with Gasteiger partial charge in [-0.2, -0.15) is 0 Å². The second kappa shape index (κ2) is 5.95.